The molecule has 0 amide bonds. The standard InChI is InChI=1S/C26H39BrO3Si/c1-20(16-30-31(6,7)25(3,4)5)13-24-14-23(21(2)15-26(24,27)19-28)18-29-17-22-11-9-8-10-12-22/h8-14,19,21,24H,15-18H2,1-7H3/b20-13+/t21-,24-,26+/m1/s1. The first kappa shape index (κ1) is 26.2. The van der Waals surface area contributed by atoms with E-state index in [4.69, 9.17) is 9.16 Å². The number of hydrogen-bond acceptors (Lipinski definition) is 3. The molecule has 0 fully saturated rings. The van der Waals surface area contributed by atoms with Crippen LogP contribution < -0.4 is 0 Å². The first-order valence-electron chi connectivity index (χ1n) is 11.2. The molecule has 1 aromatic rings. The molecule has 0 heterocycles. The molecule has 0 saturated heterocycles. The van der Waals surface area contributed by atoms with Crippen molar-refractivity contribution in [2.24, 2.45) is 11.8 Å². The number of alkyl halides is 1. The Hall–Kier alpha value is -1.01. The molecule has 31 heavy (non-hydrogen) atoms. The number of allylic oxidation sites excluding steroid dienone is 2. The molecule has 0 saturated carbocycles. The molecule has 172 valence electrons. The van der Waals surface area contributed by atoms with Gasteiger partial charge >= 0.3 is 0 Å². The fourth-order valence-corrected chi connectivity index (χ4v) is 5.27. The third-order valence-electron chi connectivity index (χ3n) is 6.71. The van der Waals surface area contributed by atoms with E-state index in [0.717, 1.165) is 18.3 Å². The van der Waals surface area contributed by atoms with Crippen molar-refractivity contribution in [3.8, 4) is 0 Å². The molecule has 3 atom stereocenters. The number of carbonyl (C=O) groups excluding carboxylic acids is 1. The van der Waals surface area contributed by atoms with E-state index < -0.39 is 12.6 Å². The predicted molar refractivity (Wildman–Crippen MR) is 136 cm³/mol. The minimum Gasteiger partial charge on any atom is -0.413 e. The Bertz CT molecular complexity index is 795. The monoisotopic (exact) mass is 506 g/mol. The highest BCUT2D eigenvalue weighted by molar-refractivity contribution is 9.10. The number of rotatable bonds is 9. The summed E-state index contributed by atoms with van der Waals surface area (Å²) >= 11 is 3.75. The first-order chi connectivity index (χ1) is 14.4. The van der Waals surface area contributed by atoms with E-state index in [2.05, 4.69) is 87.9 Å². The van der Waals surface area contributed by atoms with Gasteiger partial charge in [-0.1, -0.05) is 91.7 Å². The van der Waals surface area contributed by atoms with Crippen LogP contribution in [0.25, 0.3) is 0 Å². The second-order valence-electron chi connectivity index (χ2n) is 10.5. The third-order valence-corrected chi connectivity index (χ3v) is 12.2. The maximum atomic E-state index is 12.0. The van der Waals surface area contributed by atoms with Gasteiger partial charge in [-0.2, -0.15) is 0 Å². The number of benzene rings is 1. The van der Waals surface area contributed by atoms with Gasteiger partial charge < -0.3 is 14.0 Å². The van der Waals surface area contributed by atoms with Gasteiger partial charge in [-0.3, -0.25) is 0 Å². The molecule has 5 heteroatoms. The predicted octanol–water partition coefficient (Wildman–Crippen LogP) is 7.09. The molecule has 0 radical (unpaired) electrons. The first-order valence-corrected chi connectivity index (χ1v) is 14.9. The molecule has 0 aromatic heterocycles. The Morgan fingerprint density at radius 1 is 1.23 bits per heavy atom. The SMILES string of the molecule is C/C(=C\[C@@H]1C=C(COCc2ccccc2)[C@H](C)C[C@]1(Br)C=O)CO[Si](C)(C)C(C)(C)C. The number of carbonyl (C=O) groups is 1. The molecule has 0 aliphatic heterocycles. The quantitative estimate of drug-likeness (QED) is 0.155. The Morgan fingerprint density at radius 2 is 1.87 bits per heavy atom. The zero-order valence-electron chi connectivity index (χ0n) is 20.2. The summed E-state index contributed by atoms with van der Waals surface area (Å²) in [5.41, 5.74) is 3.59. The van der Waals surface area contributed by atoms with Gasteiger partial charge in [0.05, 0.1) is 24.1 Å². The van der Waals surface area contributed by atoms with Gasteiger partial charge in [0, 0.05) is 5.92 Å². The summed E-state index contributed by atoms with van der Waals surface area (Å²) in [7, 11) is -1.81. The van der Waals surface area contributed by atoms with Gasteiger partial charge in [0.25, 0.3) is 0 Å². The molecule has 1 aromatic carbocycles. The van der Waals surface area contributed by atoms with E-state index in [1.807, 2.05) is 18.2 Å². The van der Waals surface area contributed by atoms with Crippen molar-refractivity contribution in [2.75, 3.05) is 13.2 Å². The Balaban J connectivity index is 2.11. The summed E-state index contributed by atoms with van der Waals surface area (Å²) in [5.74, 6) is 0.272. The van der Waals surface area contributed by atoms with Crippen molar-refractivity contribution in [3.05, 3.63) is 59.2 Å². The summed E-state index contributed by atoms with van der Waals surface area (Å²) in [6.07, 6.45) is 6.23. The normalized spacial score (nSPS) is 25.3. The lowest BCUT2D eigenvalue weighted by Gasteiger charge is -2.38. The highest BCUT2D eigenvalue weighted by atomic mass is 79.9. The zero-order valence-corrected chi connectivity index (χ0v) is 22.8. The minimum absolute atomic E-state index is 0.0143. The fraction of sp³-hybridized carbons (Fsp3) is 0.577. The van der Waals surface area contributed by atoms with E-state index in [-0.39, 0.29) is 16.9 Å². The highest BCUT2D eigenvalue weighted by Crippen LogP contribution is 2.42. The lowest BCUT2D eigenvalue weighted by atomic mass is 9.75. The molecule has 1 aliphatic rings. The number of halogens is 1. The van der Waals surface area contributed by atoms with E-state index in [9.17, 15) is 4.79 Å². The van der Waals surface area contributed by atoms with Gasteiger partial charge in [-0.15, -0.1) is 0 Å². The number of hydrogen-bond donors (Lipinski definition) is 0. The number of ether oxygens (including phenoxy) is 1. The van der Waals surface area contributed by atoms with Crippen LogP contribution in [0, 0.1) is 11.8 Å². The average molecular weight is 508 g/mol. The molecule has 1 aliphatic carbocycles. The van der Waals surface area contributed by atoms with Gasteiger partial charge in [0.1, 0.15) is 6.29 Å². The van der Waals surface area contributed by atoms with Crippen LogP contribution in [0.5, 0.6) is 0 Å². The van der Waals surface area contributed by atoms with Crippen molar-refractivity contribution in [1.29, 1.82) is 0 Å². The largest absolute Gasteiger partial charge is 0.413 e. The summed E-state index contributed by atoms with van der Waals surface area (Å²) in [6, 6.07) is 10.2. The van der Waals surface area contributed by atoms with Crippen molar-refractivity contribution in [2.45, 2.75) is 70.1 Å². The summed E-state index contributed by atoms with van der Waals surface area (Å²) in [6.45, 7) is 17.4. The second kappa shape index (κ2) is 10.7. The summed E-state index contributed by atoms with van der Waals surface area (Å²) in [4.78, 5) is 12.0. The topological polar surface area (TPSA) is 35.5 Å². The molecule has 2 rings (SSSR count). The molecule has 0 bridgehead atoms. The molecule has 0 unspecified atom stereocenters. The van der Waals surface area contributed by atoms with E-state index in [0.29, 0.717) is 19.8 Å². The van der Waals surface area contributed by atoms with Crippen molar-refractivity contribution < 1.29 is 14.0 Å². The van der Waals surface area contributed by atoms with Gasteiger partial charge in [-0.05, 0) is 48.5 Å². The Labute approximate surface area is 198 Å². The van der Waals surface area contributed by atoms with Crippen LogP contribution in [0.15, 0.2) is 53.6 Å². The molecule has 3 nitrogen and oxygen atoms in total. The van der Waals surface area contributed by atoms with Crippen LogP contribution in [0.1, 0.15) is 46.6 Å². The van der Waals surface area contributed by atoms with Crippen LogP contribution in [-0.4, -0.2) is 32.1 Å². The zero-order chi connectivity index (χ0) is 23.3. The van der Waals surface area contributed by atoms with Crippen molar-refractivity contribution in [3.63, 3.8) is 0 Å². The summed E-state index contributed by atoms with van der Waals surface area (Å²) in [5, 5.41) is 0.179. The van der Waals surface area contributed by atoms with E-state index in [1.54, 1.807) is 0 Å². The smallest absolute Gasteiger partial charge is 0.192 e. The van der Waals surface area contributed by atoms with Gasteiger partial charge in [0.2, 0.25) is 0 Å². The Kier molecular flexibility index (Phi) is 9.09. The van der Waals surface area contributed by atoms with E-state index >= 15 is 0 Å². The Morgan fingerprint density at radius 3 is 2.45 bits per heavy atom. The maximum Gasteiger partial charge on any atom is 0.192 e. The van der Waals surface area contributed by atoms with Gasteiger partial charge in [-0.25, -0.2) is 0 Å². The van der Waals surface area contributed by atoms with Crippen molar-refractivity contribution in [1.82, 2.24) is 0 Å². The van der Waals surface area contributed by atoms with Crippen LogP contribution in [0.4, 0.5) is 0 Å². The fourth-order valence-electron chi connectivity index (χ4n) is 3.50. The minimum atomic E-state index is -1.81. The third kappa shape index (κ3) is 7.24. The summed E-state index contributed by atoms with van der Waals surface area (Å²) < 4.78 is 11.8. The maximum absolute atomic E-state index is 12.0. The number of aldehydes is 1. The van der Waals surface area contributed by atoms with Crippen LogP contribution in [0.2, 0.25) is 18.1 Å². The second-order valence-corrected chi connectivity index (χ2v) is 16.7. The lowest BCUT2D eigenvalue weighted by molar-refractivity contribution is -0.110. The van der Waals surface area contributed by atoms with Crippen LogP contribution >= 0.6 is 15.9 Å². The highest BCUT2D eigenvalue weighted by Gasteiger charge is 2.40. The van der Waals surface area contributed by atoms with Crippen LogP contribution in [0.3, 0.4) is 0 Å². The molecular weight excluding hydrogens is 468 g/mol. The lowest BCUT2D eigenvalue weighted by Crippen LogP contribution is -2.41. The molecule has 0 spiro atoms. The van der Waals surface area contributed by atoms with Crippen LogP contribution in [-0.2, 0) is 20.6 Å². The van der Waals surface area contributed by atoms with Crippen molar-refractivity contribution >= 4 is 30.5 Å². The average Bonchev–Trinajstić information content (AvgIpc) is 2.70. The molecule has 0 N–H and O–H groups in total. The molecular formula is C26H39BrO3Si. The van der Waals surface area contributed by atoms with Gasteiger partial charge in [0.15, 0.2) is 8.32 Å². The van der Waals surface area contributed by atoms with E-state index in [1.165, 1.54) is 11.1 Å².